The van der Waals surface area contributed by atoms with Gasteiger partial charge in [0.25, 0.3) is 0 Å². The summed E-state index contributed by atoms with van der Waals surface area (Å²) in [5, 5.41) is 10.5. The molecule has 2 aliphatic rings. The minimum atomic E-state index is -3.08. The van der Waals surface area contributed by atoms with E-state index in [1.165, 1.54) is 25.5 Å². The number of nitrogens with zero attached hydrogens (tertiary/aromatic N) is 1. The van der Waals surface area contributed by atoms with Crippen LogP contribution in [0.4, 0.5) is 0 Å². The van der Waals surface area contributed by atoms with Crippen LogP contribution >= 0.6 is 0 Å². The highest BCUT2D eigenvalue weighted by molar-refractivity contribution is 7.88. The van der Waals surface area contributed by atoms with Crippen molar-refractivity contribution in [2.24, 2.45) is 17.8 Å². The zero-order chi connectivity index (χ0) is 15.5. The first-order valence-corrected chi connectivity index (χ1v) is 10.4. The van der Waals surface area contributed by atoms with Crippen LogP contribution in [-0.4, -0.2) is 43.3 Å². The number of hydrogen-bond donors (Lipinski definition) is 1. The molecule has 0 aromatic rings. The molecule has 21 heavy (non-hydrogen) atoms. The first-order valence-electron chi connectivity index (χ1n) is 8.53. The summed E-state index contributed by atoms with van der Waals surface area (Å²) < 4.78 is 24.9. The molecule has 1 aliphatic carbocycles. The van der Waals surface area contributed by atoms with Crippen molar-refractivity contribution in [2.75, 3.05) is 19.3 Å². The molecule has 1 saturated carbocycles. The number of aliphatic hydroxyl groups excluding tert-OH is 1. The van der Waals surface area contributed by atoms with E-state index in [2.05, 4.69) is 6.92 Å². The number of rotatable bonds is 5. The van der Waals surface area contributed by atoms with Gasteiger partial charge in [-0.2, -0.15) is 0 Å². The Morgan fingerprint density at radius 3 is 2.38 bits per heavy atom. The van der Waals surface area contributed by atoms with E-state index >= 15 is 0 Å². The Morgan fingerprint density at radius 2 is 1.81 bits per heavy atom. The van der Waals surface area contributed by atoms with E-state index in [1.807, 2.05) is 0 Å². The molecule has 0 bridgehead atoms. The summed E-state index contributed by atoms with van der Waals surface area (Å²) in [5.74, 6) is 1.61. The highest BCUT2D eigenvalue weighted by Gasteiger charge is 2.31. The molecule has 2 unspecified atom stereocenters. The van der Waals surface area contributed by atoms with E-state index in [1.54, 1.807) is 4.31 Å². The number of piperidine rings is 1. The van der Waals surface area contributed by atoms with E-state index in [0.717, 1.165) is 38.0 Å². The minimum absolute atomic E-state index is 0.243. The average Bonchev–Trinajstić information content (AvgIpc) is 2.47. The second kappa shape index (κ2) is 7.42. The standard InChI is InChI=1S/C16H31NO3S/c1-3-13-6-8-15(9-7-13)16(18)11-14-5-4-10-17(12-14)21(2,19)20/h13-16,18H,3-12H2,1-2H3. The maximum absolute atomic E-state index is 11.7. The lowest BCUT2D eigenvalue weighted by atomic mass is 9.76. The van der Waals surface area contributed by atoms with E-state index in [9.17, 15) is 13.5 Å². The first kappa shape index (κ1) is 17.2. The van der Waals surface area contributed by atoms with Gasteiger partial charge in [-0.25, -0.2) is 12.7 Å². The molecular formula is C16H31NO3S. The van der Waals surface area contributed by atoms with Crippen molar-refractivity contribution >= 4 is 10.0 Å². The van der Waals surface area contributed by atoms with Crippen LogP contribution in [0.25, 0.3) is 0 Å². The third-order valence-electron chi connectivity index (χ3n) is 5.54. The Balaban J connectivity index is 1.81. The van der Waals surface area contributed by atoms with E-state index in [4.69, 9.17) is 0 Å². The van der Waals surface area contributed by atoms with Gasteiger partial charge >= 0.3 is 0 Å². The molecule has 0 aromatic carbocycles. The highest BCUT2D eigenvalue weighted by atomic mass is 32.2. The van der Waals surface area contributed by atoms with Crippen molar-refractivity contribution in [3.8, 4) is 0 Å². The molecule has 5 heteroatoms. The summed E-state index contributed by atoms with van der Waals surface area (Å²) in [6.45, 7) is 3.50. The van der Waals surface area contributed by atoms with Gasteiger partial charge in [0.15, 0.2) is 0 Å². The van der Waals surface area contributed by atoms with Gasteiger partial charge in [-0.05, 0) is 49.9 Å². The largest absolute Gasteiger partial charge is 0.393 e. The lowest BCUT2D eigenvalue weighted by Crippen LogP contribution is -2.41. The summed E-state index contributed by atoms with van der Waals surface area (Å²) in [5.41, 5.74) is 0. The van der Waals surface area contributed by atoms with Crippen molar-refractivity contribution in [3.63, 3.8) is 0 Å². The highest BCUT2D eigenvalue weighted by Crippen LogP contribution is 2.35. The van der Waals surface area contributed by atoms with Gasteiger partial charge in [-0.3, -0.25) is 0 Å². The van der Waals surface area contributed by atoms with E-state index in [0.29, 0.717) is 24.9 Å². The molecule has 0 spiro atoms. The topological polar surface area (TPSA) is 57.6 Å². The van der Waals surface area contributed by atoms with Gasteiger partial charge in [0.1, 0.15) is 0 Å². The Kier molecular flexibility index (Phi) is 6.09. The van der Waals surface area contributed by atoms with Crippen LogP contribution in [0.5, 0.6) is 0 Å². The lowest BCUT2D eigenvalue weighted by molar-refractivity contribution is 0.0449. The van der Waals surface area contributed by atoms with Crippen molar-refractivity contribution in [1.29, 1.82) is 0 Å². The third-order valence-corrected chi connectivity index (χ3v) is 6.81. The van der Waals surface area contributed by atoms with Crippen molar-refractivity contribution in [2.45, 2.75) is 64.4 Å². The summed E-state index contributed by atoms with van der Waals surface area (Å²) in [6, 6.07) is 0. The molecule has 2 fully saturated rings. The van der Waals surface area contributed by atoms with Gasteiger partial charge in [0.2, 0.25) is 10.0 Å². The number of hydrogen-bond acceptors (Lipinski definition) is 3. The molecule has 2 atom stereocenters. The summed E-state index contributed by atoms with van der Waals surface area (Å²) >= 11 is 0. The molecule has 1 heterocycles. The maximum Gasteiger partial charge on any atom is 0.211 e. The van der Waals surface area contributed by atoms with Gasteiger partial charge in [0.05, 0.1) is 12.4 Å². The molecule has 124 valence electrons. The summed E-state index contributed by atoms with van der Waals surface area (Å²) in [7, 11) is -3.08. The molecule has 1 N–H and O–H groups in total. The number of sulfonamides is 1. The molecule has 4 nitrogen and oxygen atoms in total. The van der Waals surface area contributed by atoms with Crippen LogP contribution in [0.2, 0.25) is 0 Å². The van der Waals surface area contributed by atoms with Gasteiger partial charge in [0, 0.05) is 13.1 Å². The molecule has 2 rings (SSSR count). The SMILES string of the molecule is CCC1CCC(C(O)CC2CCCN(S(C)(=O)=O)C2)CC1. The van der Waals surface area contributed by atoms with Crippen LogP contribution < -0.4 is 0 Å². The zero-order valence-corrected chi connectivity index (χ0v) is 14.3. The molecule has 1 saturated heterocycles. The quantitative estimate of drug-likeness (QED) is 0.848. The van der Waals surface area contributed by atoms with Crippen LogP contribution in [0, 0.1) is 17.8 Å². The summed E-state index contributed by atoms with van der Waals surface area (Å²) in [4.78, 5) is 0. The minimum Gasteiger partial charge on any atom is -0.393 e. The van der Waals surface area contributed by atoms with Crippen molar-refractivity contribution in [3.05, 3.63) is 0 Å². The fraction of sp³-hybridized carbons (Fsp3) is 1.00. The second-order valence-corrected chi connectivity index (χ2v) is 9.10. The Hall–Kier alpha value is -0.130. The van der Waals surface area contributed by atoms with Gasteiger partial charge in [-0.15, -0.1) is 0 Å². The zero-order valence-electron chi connectivity index (χ0n) is 13.5. The third kappa shape index (κ3) is 4.93. The monoisotopic (exact) mass is 317 g/mol. The van der Waals surface area contributed by atoms with Crippen LogP contribution in [-0.2, 0) is 10.0 Å². The van der Waals surface area contributed by atoms with Crippen LogP contribution in [0.3, 0.4) is 0 Å². The van der Waals surface area contributed by atoms with E-state index in [-0.39, 0.29) is 6.10 Å². The Morgan fingerprint density at radius 1 is 1.14 bits per heavy atom. The maximum atomic E-state index is 11.7. The van der Waals surface area contributed by atoms with Crippen molar-refractivity contribution in [1.82, 2.24) is 4.31 Å². The van der Waals surface area contributed by atoms with E-state index < -0.39 is 10.0 Å². The summed E-state index contributed by atoms with van der Waals surface area (Å²) in [6.07, 6.45) is 9.83. The molecule has 0 aromatic heterocycles. The fourth-order valence-electron chi connectivity index (χ4n) is 4.04. The smallest absolute Gasteiger partial charge is 0.211 e. The van der Waals surface area contributed by atoms with Crippen LogP contribution in [0.1, 0.15) is 58.3 Å². The Bertz CT molecular complexity index is 415. The molecule has 1 aliphatic heterocycles. The van der Waals surface area contributed by atoms with Gasteiger partial charge in [-0.1, -0.05) is 26.2 Å². The van der Waals surface area contributed by atoms with Crippen LogP contribution in [0.15, 0.2) is 0 Å². The predicted molar refractivity (Wildman–Crippen MR) is 85.5 cm³/mol. The molecule has 0 radical (unpaired) electrons. The normalized spacial score (nSPS) is 33.8. The Labute approximate surface area is 130 Å². The first-order chi connectivity index (χ1) is 9.90. The molecule has 0 amide bonds. The fourth-order valence-corrected chi connectivity index (χ4v) is 4.98. The van der Waals surface area contributed by atoms with Gasteiger partial charge < -0.3 is 5.11 Å². The number of aliphatic hydroxyl groups is 1. The van der Waals surface area contributed by atoms with Crippen molar-refractivity contribution < 1.29 is 13.5 Å². The average molecular weight is 317 g/mol. The predicted octanol–water partition coefficient (Wildman–Crippen LogP) is 2.63. The second-order valence-electron chi connectivity index (χ2n) is 7.12. The lowest BCUT2D eigenvalue weighted by Gasteiger charge is -2.35. The molecular weight excluding hydrogens is 286 g/mol.